The highest BCUT2D eigenvalue weighted by Gasteiger charge is 2.46. The molecule has 1 saturated carbocycles. The van der Waals surface area contributed by atoms with E-state index in [0.717, 1.165) is 22.8 Å². The second-order valence-electron chi connectivity index (χ2n) is 8.38. The van der Waals surface area contributed by atoms with Crippen LogP contribution in [0.2, 0.25) is 0 Å². The van der Waals surface area contributed by atoms with E-state index < -0.39 is 0 Å². The molecule has 0 aromatic heterocycles. The fraction of sp³-hybridized carbons (Fsp3) is 0.308. The molecule has 0 radical (unpaired) electrons. The lowest BCUT2D eigenvalue weighted by atomic mass is 10.0. The molecule has 2 fully saturated rings. The van der Waals surface area contributed by atoms with E-state index in [-0.39, 0.29) is 17.7 Å². The summed E-state index contributed by atoms with van der Waals surface area (Å²) >= 11 is 0. The van der Waals surface area contributed by atoms with Gasteiger partial charge < -0.3 is 9.80 Å². The van der Waals surface area contributed by atoms with Crippen LogP contribution >= 0.6 is 0 Å². The predicted molar refractivity (Wildman–Crippen MR) is 118 cm³/mol. The SMILES string of the molecule is O=C(Cc1cccc2ccccc12)N1CCN(C(=O)[C@@H]2C[C@H]2c2ccccc2)CC1. The van der Waals surface area contributed by atoms with Gasteiger partial charge >= 0.3 is 0 Å². The van der Waals surface area contributed by atoms with Gasteiger partial charge in [-0.2, -0.15) is 0 Å². The van der Waals surface area contributed by atoms with Gasteiger partial charge in [-0.3, -0.25) is 9.59 Å². The van der Waals surface area contributed by atoms with Gasteiger partial charge in [0, 0.05) is 32.1 Å². The van der Waals surface area contributed by atoms with Crippen molar-refractivity contribution in [2.75, 3.05) is 26.2 Å². The van der Waals surface area contributed by atoms with Crippen LogP contribution in [0.15, 0.2) is 72.8 Å². The van der Waals surface area contributed by atoms with Crippen LogP contribution in [0.1, 0.15) is 23.5 Å². The lowest BCUT2D eigenvalue weighted by Gasteiger charge is -2.35. The number of hydrogen-bond acceptors (Lipinski definition) is 2. The third kappa shape index (κ3) is 3.70. The van der Waals surface area contributed by atoms with Crippen molar-refractivity contribution < 1.29 is 9.59 Å². The van der Waals surface area contributed by atoms with Crippen LogP contribution in [0.4, 0.5) is 0 Å². The molecule has 3 aromatic carbocycles. The maximum atomic E-state index is 12.9. The molecule has 0 N–H and O–H groups in total. The molecule has 2 amide bonds. The Kier molecular flexibility index (Phi) is 4.99. The molecule has 1 aliphatic carbocycles. The van der Waals surface area contributed by atoms with Crippen molar-refractivity contribution in [3.63, 3.8) is 0 Å². The first kappa shape index (κ1) is 18.9. The average Bonchev–Trinajstić information content (AvgIpc) is 3.61. The molecular weight excluding hydrogens is 372 g/mol. The molecule has 0 bridgehead atoms. The Morgan fingerprint density at radius 3 is 2.23 bits per heavy atom. The molecular formula is C26H26N2O2. The second kappa shape index (κ2) is 7.94. The van der Waals surface area contributed by atoms with Gasteiger partial charge in [-0.25, -0.2) is 0 Å². The number of amides is 2. The minimum Gasteiger partial charge on any atom is -0.339 e. The third-order valence-corrected chi connectivity index (χ3v) is 6.50. The first-order valence-corrected chi connectivity index (χ1v) is 10.8. The lowest BCUT2D eigenvalue weighted by Crippen LogP contribution is -2.51. The number of rotatable bonds is 4. The summed E-state index contributed by atoms with van der Waals surface area (Å²) < 4.78 is 0. The summed E-state index contributed by atoms with van der Waals surface area (Å²) in [6, 6.07) is 24.6. The minimum atomic E-state index is 0.116. The Morgan fingerprint density at radius 1 is 0.767 bits per heavy atom. The first-order chi connectivity index (χ1) is 14.7. The zero-order chi connectivity index (χ0) is 20.5. The summed E-state index contributed by atoms with van der Waals surface area (Å²) in [4.78, 5) is 29.6. The Morgan fingerprint density at radius 2 is 1.43 bits per heavy atom. The molecule has 3 aromatic rings. The van der Waals surface area contributed by atoms with Crippen molar-refractivity contribution in [3.8, 4) is 0 Å². The molecule has 1 aliphatic heterocycles. The van der Waals surface area contributed by atoms with Crippen molar-refractivity contribution in [2.24, 2.45) is 5.92 Å². The van der Waals surface area contributed by atoms with Crippen LogP contribution in [0.25, 0.3) is 10.8 Å². The topological polar surface area (TPSA) is 40.6 Å². The van der Waals surface area contributed by atoms with Crippen molar-refractivity contribution in [1.29, 1.82) is 0 Å². The molecule has 4 nitrogen and oxygen atoms in total. The van der Waals surface area contributed by atoms with E-state index in [1.807, 2.05) is 52.3 Å². The molecule has 4 heteroatoms. The highest BCUT2D eigenvalue weighted by molar-refractivity contribution is 5.90. The summed E-state index contributed by atoms with van der Waals surface area (Å²) in [6.45, 7) is 2.52. The van der Waals surface area contributed by atoms with E-state index >= 15 is 0 Å². The Balaban J connectivity index is 1.17. The normalized spacial score (nSPS) is 20.9. The van der Waals surface area contributed by atoms with E-state index in [2.05, 4.69) is 30.3 Å². The number of piperazine rings is 1. The van der Waals surface area contributed by atoms with Crippen LogP contribution in [0.3, 0.4) is 0 Å². The van der Waals surface area contributed by atoms with Gasteiger partial charge in [-0.05, 0) is 34.2 Å². The highest BCUT2D eigenvalue weighted by atomic mass is 16.2. The number of hydrogen-bond donors (Lipinski definition) is 0. The summed E-state index contributed by atoms with van der Waals surface area (Å²) in [7, 11) is 0. The van der Waals surface area contributed by atoms with Gasteiger partial charge in [0.1, 0.15) is 0 Å². The fourth-order valence-electron chi connectivity index (χ4n) is 4.67. The van der Waals surface area contributed by atoms with E-state index in [4.69, 9.17) is 0 Å². The number of fused-ring (bicyclic) bond motifs is 1. The zero-order valence-electron chi connectivity index (χ0n) is 17.0. The first-order valence-electron chi connectivity index (χ1n) is 10.8. The van der Waals surface area contributed by atoms with Gasteiger partial charge in [0.15, 0.2) is 0 Å². The van der Waals surface area contributed by atoms with Crippen LogP contribution in [-0.2, 0) is 16.0 Å². The Hall–Kier alpha value is -3.14. The molecule has 0 spiro atoms. The standard InChI is InChI=1S/C26H26N2O2/c29-25(17-21-11-6-10-19-9-4-5-12-22(19)21)27-13-15-28(16-14-27)26(30)24-18-23(24)20-7-2-1-3-8-20/h1-12,23-24H,13-18H2/t23-,24+/m0/s1. The van der Waals surface area contributed by atoms with Crippen molar-refractivity contribution >= 4 is 22.6 Å². The van der Waals surface area contributed by atoms with Crippen LogP contribution in [-0.4, -0.2) is 47.8 Å². The second-order valence-corrected chi connectivity index (χ2v) is 8.38. The predicted octanol–water partition coefficient (Wildman–Crippen LogP) is 3.86. The molecule has 0 unspecified atom stereocenters. The monoisotopic (exact) mass is 398 g/mol. The number of carbonyl (C=O) groups is 2. The van der Waals surface area contributed by atoms with Gasteiger partial charge in [0.25, 0.3) is 0 Å². The largest absolute Gasteiger partial charge is 0.339 e. The van der Waals surface area contributed by atoms with Gasteiger partial charge in [-0.1, -0.05) is 72.8 Å². The third-order valence-electron chi connectivity index (χ3n) is 6.50. The average molecular weight is 399 g/mol. The minimum absolute atomic E-state index is 0.116. The summed E-state index contributed by atoms with van der Waals surface area (Å²) in [5.74, 6) is 0.882. The van der Waals surface area contributed by atoms with Gasteiger partial charge in [-0.15, -0.1) is 0 Å². The number of benzene rings is 3. The number of nitrogens with zero attached hydrogens (tertiary/aromatic N) is 2. The smallest absolute Gasteiger partial charge is 0.227 e. The lowest BCUT2D eigenvalue weighted by molar-refractivity contribution is -0.140. The van der Waals surface area contributed by atoms with E-state index in [1.165, 1.54) is 5.56 Å². The van der Waals surface area contributed by atoms with Crippen LogP contribution in [0.5, 0.6) is 0 Å². The summed E-state index contributed by atoms with van der Waals surface area (Å²) in [5, 5.41) is 2.30. The van der Waals surface area contributed by atoms with E-state index in [9.17, 15) is 9.59 Å². The Labute approximate surface area is 177 Å². The zero-order valence-corrected chi connectivity index (χ0v) is 17.0. The summed E-state index contributed by atoms with van der Waals surface area (Å²) in [6.07, 6.45) is 1.36. The van der Waals surface area contributed by atoms with Crippen LogP contribution < -0.4 is 0 Å². The molecule has 1 saturated heterocycles. The van der Waals surface area contributed by atoms with Crippen LogP contribution in [0, 0.1) is 5.92 Å². The highest BCUT2D eigenvalue weighted by Crippen LogP contribution is 2.48. The molecule has 5 rings (SSSR count). The molecule has 1 heterocycles. The van der Waals surface area contributed by atoms with E-state index in [0.29, 0.717) is 38.5 Å². The maximum absolute atomic E-state index is 12.9. The number of carbonyl (C=O) groups excluding carboxylic acids is 2. The maximum Gasteiger partial charge on any atom is 0.227 e. The molecule has 30 heavy (non-hydrogen) atoms. The fourth-order valence-corrected chi connectivity index (χ4v) is 4.67. The quantitative estimate of drug-likeness (QED) is 0.670. The molecule has 2 atom stereocenters. The van der Waals surface area contributed by atoms with E-state index in [1.54, 1.807) is 0 Å². The van der Waals surface area contributed by atoms with Crippen molar-refractivity contribution in [3.05, 3.63) is 83.9 Å². The molecule has 2 aliphatic rings. The summed E-state index contributed by atoms with van der Waals surface area (Å²) in [5.41, 5.74) is 2.33. The van der Waals surface area contributed by atoms with Gasteiger partial charge in [0.05, 0.1) is 6.42 Å². The van der Waals surface area contributed by atoms with Crippen molar-refractivity contribution in [1.82, 2.24) is 9.80 Å². The Bertz CT molecular complexity index is 1070. The van der Waals surface area contributed by atoms with Crippen molar-refractivity contribution in [2.45, 2.75) is 18.8 Å². The van der Waals surface area contributed by atoms with Gasteiger partial charge in [0.2, 0.25) is 11.8 Å². The molecule has 152 valence electrons.